The molecule has 0 spiro atoms. The fraction of sp³-hybridized carbons (Fsp3) is 0.370. The number of nitriles is 1. The van der Waals surface area contributed by atoms with Crippen molar-refractivity contribution < 1.29 is 29.1 Å². The van der Waals surface area contributed by atoms with Crippen LogP contribution in [0.25, 0.3) is 6.08 Å². The van der Waals surface area contributed by atoms with E-state index in [0.29, 0.717) is 25.2 Å². The minimum Gasteiger partial charge on any atom is -0.449 e. The predicted octanol–water partition coefficient (Wildman–Crippen LogP) is 2.12. The molecule has 0 bridgehead atoms. The molecule has 194 valence electrons. The number of hydrogen-bond acceptors (Lipinski definition) is 7. The smallest absolute Gasteiger partial charge is 0.449 e. The van der Waals surface area contributed by atoms with Gasteiger partial charge < -0.3 is 29.7 Å². The van der Waals surface area contributed by atoms with E-state index in [1.165, 1.54) is 0 Å². The van der Waals surface area contributed by atoms with Crippen molar-refractivity contribution >= 4 is 25.2 Å². The zero-order valence-corrected chi connectivity index (χ0v) is 21.0. The van der Waals surface area contributed by atoms with Gasteiger partial charge in [0, 0.05) is 6.42 Å². The number of rotatable bonds is 9. The Kier molecular flexibility index (Phi) is 10.3. The largest absolute Gasteiger partial charge is 0.475 e. The summed E-state index contributed by atoms with van der Waals surface area (Å²) in [6, 6.07) is 18.2. The first-order valence-corrected chi connectivity index (χ1v) is 12.2. The Labute approximate surface area is 217 Å². The summed E-state index contributed by atoms with van der Waals surface area (Å²) in [5.74, 6) is -1.24. The molecule has 2 amide bonds. The molecule has 1 fully saturated rings. The number of benzene rings is 2. The maximum Gasteiger partial charge on any atom is 0.475 e. The Morgan fingerprint density at radius 3 is 2.49 bits per heavy atom. The molecule has 37 heavy (non-hydrogen) atoms. The van der Waals surface area contributed by atoms with Crippen LogP contribution in [0.5, 0.6) is 0 Å². The van der Waals surface area contributed by atoms with Gasteiger partial charge in [-0.3, -0.25) is 4.79 Å². The van der Waals surface area contributed by atoms with Gasteiger partial charge in [-0.1, -0.05) is 54.6 Å². The van der Waals surface area contributed by atoms with Crippen molar-refractivity contribution in [2.45, 2.75) is 44.7 Å². The lowest BCUT2D eigenvalue weighted by molar-refractivity contribution is -0.139. The van der Waals surface area contributed by atoms with E-state index in [2.05, 4.69) is 5.32 Å². The van der Waals surface area contributed by atoms with Crippen molar-refractivity contribution in [3.8, 4) is 6.07 Å². The molecule has 3 rings (SSSR count). The van der Waals surface area contributed by atoms with Crippen molar-refractivity contribution in [2.75, 3.05) is 19.8 Å². The van der Waals surface area contributed by atoms with Crippen molar-refractivity contribution in [1.82, 2.24) is 10.2 Å². The molecule has 3 N–H and O–H groups in total. The number of nitrogens with one attached hydrogen (secondary N) is 1. The zero-order chi connectivity index (χ0) is 26.8. The second-order valence-electron chi connectivity index (χ2n) is 9.10. The van der Waals surface area contributed by atoms with Crippen LogP contribution in [0.15, 0.2) is 60.2 Å². The fourth-order valence-electron chi connectivity index (χ4n) is 4.24. The average molecular weight is 505 g/mol. The Hall–Kier alpha value is -3.65. The molecule has 1 aliphatic heterocycles. The first-order chi connectivity index (χ1) is 17.8. The zero-order valence-electron chi connectivity index (χ0n) is 21.0. The van der Waals surface area contributed by atoms with Crippen molar-refractivity contribution in [3.05, 3.63) is 76.9 Å². The van der Waals surface area contributed by atoms with Gasteiger partial charge in [-0.2, -0.15) is 5.26 Å². The average Bonchev–Trinajstić information content (AvgIpc) is 2.87. The highest BCUT2D eigenvalue weighted by molar-refractivity contribution is 6.43. The van der Waals surface area contributed by atoms with Gasteiger partial charge in [0.2, 0.25) is 0 Å². The second kappa shape index (κ2) is 13.6. The third-order valence-corrected chi connectivity index (χ3v) is 6.10. The van der Waals surface area contributed by atoms with Gasteiger partial charge in [0.05, 0.1) is 37.8 Å². The van der Waals surface area contributed by atoms with Gasteiger partial charge in [-0.05, 0) is 43.0 Å². The summed E-state index contributed by atoms with van der Waals surface area (Å²) in [4.78, 5) is 26.9. The number of morpholine rings is 1. The quantitative estimate of drug-likeness (QED) is 0.270. The third-order valence-electron chi connectivity index (χ3n) is 6.10. The molecule has 9 nitrogen and oxygen atoms in total. The summed E-state index contributed by atoms with van der Waals surface area (Å²) in [5.41, 5.74) is 2.42. The molecule has 0 aliphatic carbocycles. The highest BCUT2D eigenvalue weighted by atomic mass is 16.5. The lowest BCUT2D eigenvalue weighted by atomic mass is 9.76. The summed E-state index contributed by atoms with van der Waals surface area (Å²) in [6.45, 7) is 4.71. The lowest BCUT2D eigenvalue weighted by Crippen LogP contribution is -2.52. The van der Waals surface area contributed by atoms with E-state index >= 15 is 0 Å². The van der Waals surface area contributed by atoms with Crippen LogP contribution in [0.2, 0.25) is 0 Å². The molecule has 1 saturated heterocycles. The molecule has 3 atom stereocenters. The number of carbonyl (C=O) groups excluding carboxylic acids is 2. The van der Waals surface area contributed by atoms with Gasteiger partial charge in [0.1, 0.15) is 11.6 Å². The maximum absolute atomic E-state index is 13.0. The molecule has 2 aromatic carbocycles. The van der Waals surface area contributed by atoms with Crippen LogP contribution in [0.1, 0.15) is 30.5 Å². The Morgan fingerprint density at radius 2 is 1.84 bits per heavy atom. The van der Waals surface area contributed by atoms with Gasteiger partial charge in [-0.15, -0.1) is 0 Å². The minimum absolute atomic E-state index is 0.0420. The number of amides is 2. The molecular weight excluding hydrogens is 473 g/mol. The van der Waals surface area contributed by atoms with E-state index in [1.807, 2.05) is 62.4 Å². The predicted molar refractivity (Wildman–Crippen MR) is 139 cm³/mol. The maximum atomic E-state index is 13.0. The molecule has 0 aromatic heterocycles. The fourth-order valence-corrected chi connectivity index (χ4v) is 4.24. The second-order valence-corrected chi connectivity index (χ2v) is 9.10. The van der Waals surface area contributed by atoms with E-state index in [0.717, 1.165) is 11.1 Å². The Balaban J connectivity index is 1.56. The van der Waals surface area contributed by atoms with Gasteiger partial charge in [0.25, 0.3) is 5.91 Å². The van der Waals surface area contributed by atoms with Crippen LogP contribution >= 0.6 is 0 Å². The summed E-state index contributed by atoms with van der Waals surface area (Å²) >= 11 is 0. The van der Waals surface area contributed by atoms with Gasteiger partial charge >= 0.3 is 13.2 Å². The lowest BCUT2D eigenvalue weighted by Gasteiger charge is -2.38. The van der Waals surface area contributed by atoms with Crippen molar-refractivity contribution in [1.29, 1.82) is 5.26 Å². The molecule has 1 heterocycles. The van der Waals surface area contributed by atoms with E-state index in [4.69, 9.17) is 9.47 Å². The van der Waals surface area contributed by atoms with Gasteiger partial charge in [0.15, 0.2) is 0 Å². The number of ether oxygens (including phenoxy) is 2. The number of alkyl carbamates (subject to hydrolysis) is 1. The van der Waals surface area contributed by atoms with E-state index in [9.17, 15) is 24.9 Å². The third kappa shape index (κ3) is 8.18. The standard InChI is InChI=1S/C27H32BN3O6/c1-19-17-36-18-20(2)31(19)26(32)24(16-29)14-23-10-6-9-22(13-23)11-12-37-27(33)30-25(28(34)35)15-21-7-4-3-5-8-21/h3-10,13-14,19-20,25,34-35H,11-12,15,17-18H2,1-2H3,(H,30,33)/t19-,20-,25?/m1/s1. The molecule has 0 saturated carbocycles. The molecule has 0 radical (unpaired) electrons. The summed E-state index contributed by atoms with van der Waals surface area (Å²) < 4.78 is 10.7. The molecule has 1 unspecified atom stereocenters. The topological polar surface area (TPSA) is 132 Å². The number of hydrogen-bond donors (Lipinski definition) is 3. The van der Waals surface area contributed by atoms with E-state index < -0.39 is 19.2 Å². The molecular formula is C27H32BN3O6. The summed E-state index contributed by atoms with van der Waals surface area (Å²) in [6.07, 6.45) is 1.44. The molecule has 2 aromatic rings. The monoisotopic (exact) mass is 505 g/mol. The van der Waals surface area contributed by atoms with E-state index in [-0.39, 0.29) is 36.6 Å². The summed E-state index contributed by atoms with van der Waals surface area (Å²) in [5, 5.41) is 31.4. The Bertz CT molecular complexity index is 1120. The highest BCUT2D eigenvalue weighted by Gasteiger charge is 2.31. The van der Waals surface area contributed by atoms with Crippen LogP contribution in [0, 0.1) is 11.3 Å². The van der Waals surface area contributed by atoms with Crippen LogP contribution in [-0.2, 0) is 27.1 Å². The minimum atomic E-state index is -1.74. The van der Waals surface area contributed by atoms with Crippen LogP contribution in [0.3, 0.4) is 0 Å². The highest BCUT2D eigenvalue weighted by Crippen LogP contribution is 2.19. The van der Waals surface area contributed by atoms with Crippen molar-refractivity contribution in [3.63, 3.8) is 0 Å². The molecule has 1 aliphatic rings. The first-order valence-electron chi connectivity index (χ1n) is 12.2. The SMILES string of the molecule is C[C@@H]1COC[C@@H](C)N1C(=O)C(C#N)=Cc1cccc(CCOC(=O)NC(Cc2ccccc2)B(O)O)c1. The normalized spacial score (nSPS) is 18.5. The first kappa shape index (κ1) is 27.9. The number of nitrogens with zero attached hydrogens (tertiary/aromatic N) is 2. The Morgan fingerprint density at radius 1 is 1.16 bits per heavy atom. The summed E-state index contributed by atoms with van der Waals surface area (Å²) in [7, 11) is -1.74. The van der Waals surface area contributed by atoms with Crippen LogP contribution in [-0.4, -0.2) is 71.9 Å². The van der Waals surface area contributed by atoms with Crippen LogP contribution < -0.4 is 5.32 Å². The molecule has 10 heteroatoms. The van der Waals surface area contributed by atoms with E-state index in [1.54, 1.807) is 23.1 Å². The number of carbonyl (C=O) groups is 2. The van der Waals surface area contributed by atoms with Crippen molar-refractivity contribution in [2.24, 2.45) is 0 Å². The van der Waals surface area contributed by atoms with Crippen LogP contribution in [0.4, 0.5) is 4.79 Å². The van der Waals surface area contributed by atoms with Gasteiger partial charge in [-0.25, -0.2) is 4.79 Å².